The molecule has 0 aliphatic carbocycles. The van der Waals surface area contributed by atoms with Crippen LogP contribution >= 0.6 is 0 Å². The van der Waals surface area contributed by atoms with E-state index in [9.17, 15) is 0 Å². The summed E-state index contributed by atoms with van der Waals surface area (Å²) in [6.45, 7) is 5.83. The van der Waals surface area contributed by atoms with Crippen molar-refractivity contribution in [2.75, 3.05) is 13.6 Å². The van der Waals surface area contributed by atoms with Gasteiger partial charge in [0.05, 0.1) is 0 Å². The third kappa shape index (κ3) is 26.1. The molecule has 0 bridgehead atoms. The fraction of sp³-hybridized carbons (Fsp3) is 1.00. The molecule has 0 fully saturated rings. The van der Waals surface area contributed by atoms with Gasteiger partial charge in [-0.2, -0.15) is 0 Å². The number of nitrogens with one attached hydrogen (secondary N) is 1. The summed E-state index contributed by atoms with van der Waals surface area (Å²) >= 11 is 0. The fourth-order valence-electron chi connectivity index (χ4n) is 5.01. The maximum atomic E-state index is 3.27. The smallest absolute Gasteiger partial charge is 0.00519 e. The second kappa shape index (κ2) is 28.0. The van der Waals surface area contributed by atoms with E-state index in [-0.39, 0.29) is 0 Å². The second-order valence-electron chi connectivity index (χ2n) is 10.4. The quantitative estimate of drug-likeness (QED) is 0.126. The van der Waals surface area contributed by atoms with E-state index in [1.54, 1.807) is 0 Å². The van der Waals surface area contributed by atoms with E-state index in [2.05, 4.69) is 26.2 Å². The van der Waals surface area contributed by atoms with Gasteiger partial charge in [0.15, 0.2) is 0 Å². The molecular formula is C30H63N. The van der Waals surface area contributed by atoms with Crippen LogP contribution in [0, 0.1) is 5.92 Å². The Morgan fingerprint density at radius 2 is 0.677 bits per heavy atom. The summed E-state index contributed by atoms with van der Waals surface area (Å²) in [6, 6.07) is 0. The third-order valence-electron chi connectivity index (χ3n) is 7.22. The van der Waals surface area contributed by atoms with Crippen molar-refractivity contribution in [1.82, 2.24) is 5.32 Å². The summed E-state index contributed by atoms with van der Waals surface area (Å²) in [5.41, 5.74) is 0. The van der Waals surface area contributed by atoms with Crippen LogP contribution in [0.4, 0.5) is 0 Å². The van der Waals surface area contributed by atoms with Crippen molar-refractivity contribution in [3.05, 3.63) is 0 Å². The van der Waals surface area contributed by atoms with Gasteiger partial charge in [0.1, 0.15) is 0 Å². The highest BCUT2D eigenvalue weighted by Crippen LogP contribution is 2.25. The highest BCUT2D eigenvalue weighted by atomic mass is 14.8. The van der Waals surface area contributed by atoms with Gasteiger partial charge in [-0.05, 0) is 25.9 Å². The molecule has 0 aromatic rings. The molecular weight excluding hydrogens is 374 g/mol. The maximum Gasteiger partial charge on any atom is -0.00519 e. The number of rotatable bonds is 27. The van der Waals surface area contributed by atoms with Crippen molar-refractivity contribution in [3.63, 3.8) is 0 Å². The molecule has 1 N–H and O–H groups in total. The Kier molecular flexibility index (Phi) is 28.0. The maximum absolute atomic E-state index is 3.27. The van der Waals surface area contributed by atoms with Gasteiger partial charge in [0, 0.05) is 0 Å². The zero-order chi connectivity index (χ0) is 22.7. The van der Waals surface area contributed by atoms with Gasteiger partial charge in [0.25, 0.3) is 0 Å². The Morgan fingerprint density at radius 3 is 1.00 bits per heavy atom. The van der Waals surface area contributed by atoms with Gasteiger partial charge in [-0.25, -0.2) is 0 Å². The van der Waals surface area contributed by atoms with Gasteiger partial charge in [-0.1, -0.05) is 168 Å². The molecule has 0 atom stereocenters. The minimum Gasteiger partial charge on any atom is -0.320 e. The lowest BCUT2D eigenvalue weighted by Gasteiger charge is -2.17. The van der Waals surface area contributed by atoms with Crippen LogP contribution in [0.2, 0.25) is 0 Å². The topological polar surface area (TPSA) is 12.0 Å². The molecule has 0 radical (unpaired) electrons. The van der Waals surface area contributed by atoms with E-state index in [0.29, 0.717) is 0 Å². The van der Waals surface area contributed by atoms with Crippen LogP contribution in [0.25, 0.3) is 0 Å². The molecule has 0 spiro atoms. The van der Waals surface area contributed by atoms with Crippen molar-refractivity contribution in [2.24, 2.45) is 5.92 Å². The van der Waals surface area contributed by atoms with Crippen LogP contribution in [-0.4, -0.2) is 13.6 Å². The SMILES string of the molecule is CCCCCCCCCCC(CCCCCCCCCC)CCCCCCCCNC. The Hall–Kier alpha value is -0.0400. The van der Waals surface area contributed by atoms with Gasteiger partial charge >= 0.3 is 0 Å². The van der Waals surface area contributed by atoms with Crippen LogP contribution in [0.1, 0.15) is 174 Å². The zero-order valence-corrected chi connectivity index (χ0v) is 22.5. The molecule has 0 rings (SSSR count). The first kappa shape index (κ1) is 31.0. The van der Waals surface area contributed by atoms with Gasteiger partial charge in [0.2, 0.25) is 0 Å². The fourth-order valence-corrected chi connectivity index (χ4v) is 5.01. The second-order valence-corrected chi connectivity index (χ2v) is 10.4. The zero-order valence-electron chi connectivity index (χ0n) is 22.5. The lowest BCUT2D eigenvalue weighted by Crippen LogP contribution is -2.06. The Balaban J connectivity index is 3.82. The third-order valence-corrected chi connectivity index (χ3v) is 7.22. The van der Waals surface area contributed by atoms with Crippen molar-refractivity contribution in [2.45, 2.75) is 174 Å². The van der Waals surface area contributed by atoms with E-state index >= 15 is 0 Å². The Labute approximate surface area is 199 Å². The van der Waals surface area contributed by atoms with Crippen molar-refractivity contribution >= 4 is 0 Å². The molecule has 1 nitrogen and oxygen atoms in total. The van der Waals surface area contributed by atoms with Crippen LogP contribution in [0.5, 0.6) is 0 Å². The normalized spacial score (nSPS) is 11.6. The lowest BCUT2D eigenvalue weighted by molar-refractivity contribution is 0.365. The van der Waals surface area contributed by atoms with Crippen LogP contribution in [-0.2, 0) is 0 Å². The molecule has 1 heteroatoms. The Morgan fingerprint density at radius 1 is 0.387 bits per heavy atom. The molecule has 0 unspecified atom stereocenters. The minimum atomic E-state index is 1.03. The van der Waals surface area contributed by atoms with Crippen molar-refractivity contribution in [1.29, 1.82) is 0 Å². The summed E-state index contributed by atoms with van der Waals surface area (Å²) in [7, 11) is 2.07. The van der Waals surface area contributed by atoms with E-state index in [1.807, 2.05) is 0 Å². The summed E-state index contributed by atoms with van der Waals surface area (Å²) in [6.07, 6.45) is 36.6. The molecule has 0 aromatic heterocycles. The predicted octanol–water partition coefficient (Wildman–Crippen LogP) is 10.6. The van der Waals surface area contributed by atoms with Crippen LogP contribution < -0.4 is 5.32 Å². The first-order valence-corrected chi connectivity index (χ1v) is 15.0. The van der Waals surface area contributed by atoms with Crippen molar-refractivity contribution in [3.8, 4) is 0 Å². The standard InChI is InChI=1S/C30H63N/c1-4-6-8-10-12-14-18-22-26-30(27-23-19-15-13-11-9-7-5-2)28-24-20-16-17-21-25-29-31-3/h30-31H,4-29H2,1-3H3. The average Bonchev–Trinajstić information content (AvgIpc) is 2.78. The summed E-state index contributed by atoms with van der Waals surface area (Å²) in [5.74, 6) is 1.03. The van der Waals surface area contributed by atoms with Gasteiger partial charge < -0.3 is 5.32 Å². The molecule has 188 valence electrons. The van der Waals surface area contributed by atoms with E-state index < -0.39 is 0 Å². The summed E-state index contributed by atoms with van der Waals surface area (Å²) in [5, 5.41) is 3.27. The Bertz CT molecular complexity index is 253. The van der Waals surface area contributed by atoms with E-state index in [1.165, 1.54) is 167 Å². The number of hydrogen-bond acceptors (Lipinski definition) is 1. The monoisotopic (exact) mass is 437 g/mol. The molecule has 0 saturated carbocycles. The van der Waals surface area contributed by atoms with Crippen molar-refractivity contribution < 1.29 is 0 Å². The predicted molar refractivity (Wildman–Crippen MR) is 144 cm³/mol. The minimum absolute atomic E-state index is 1.03. The molecule has 0 aromatic carbocycles. The largest absolute Gasteiger partial charge is 0.320 e. The molecule has 0 heterocycles. The summed E-state index contributed by atoms with van der Waals surface area (Å²) < 4.78 is 0. The summed E-state index contributed by atoms with van der Waals surface area (Å²) in [4.78, 5) is 0. The highest BCUT2D eigenvalue weighted by Gasteiger charge is 2.08. The number of unbranched alkanes of at least 4 members (excludes halogenated alkanes) is 19. The molecule has 0 saturated heterocycles. The van der Waals surface area contributed by atoms with Crippen LogP contribution in [0.15, 0.2) is 0 Å². The number of hydrogen-bond donors (Lipinski definition) is 1. The molecule has 0 aliphatic rings. The van der Waals surface area contributed by atoms with Crippen LogP contribution in [0.3, 0.4) is 0 Å². The van der Waals surface area contributed by atoms with Gasteiger partial charge in [-0.3, -0.25) is 0 Å². The molecule has 31 heavy (non-hydrogen) atoms. The highest BCUT2D eigenvalue weighted by molar-refractivity contribution is 4.62. The van der Waals surface area contributed by atoms with Gasteiger partial charge in [-0.15, -0.1) is 0 Å². The lowest BCUT2D eigenvalue weighted by atomic mass is 9.89. The van der Waals surface area contributed by atoms with E-state index in [4.69, 9.17) is 0 Å². The molecule has 0 aliphatic heterocycles. The van der Waals surface area contributed by atoms with E-state index in [0.717, 1.165) is 5.92 Å². The first-order valence-electron chi connectivity index (χ1n) is 15.0. The first-order chi connectivity index (χ1) is 15.3. The average molecular weight is 438 g/mol. The molecule has 0 amide bonds.